The van der Waals surface area contributed by atoms with Gasteiger partial charge in [0.25, 0.3) is 0 Å². The van der Waals surface area contributed by atoms with Crippen LogP contribution in [-0.4, -0.2) is 56.2 Å². The standard InChI is InChI=1S/C15H21N4O3S/c1-9(20)12-6-19(2)13(12)3-11(15(21)22)14(19)23-10-4-17-7-16-8-18(17)5-10/h7-10,12-13,20H,3-6H2,1-2H3/q+1/t9-,12-,13+,19-/m1/s1. The third-order valence-corrected chi connectivity index (χ3v) is 7.13. The van der Waals surface area contributed by atoms with E-state index in [9.17, 15) is 15.0 Å². The minimum atomic E-state index is -1.06. The number of carbonyl (C=O) groups excluding carboxylic acids is 1. The summed E-state index contributed by atoms with van der Waals surface area (Å²) in [6, 6.07) is 0.167. The van der Waals surface area contributed by atoms with Gasteiger partial charge < -0.3 is 15.0 Å². The molecule has 1 fully saturated rings. The summed E-state index contributed by atoms with van der Waals surface area (Å²) in [5.74, 6) is -0.888. The number of hydrogen-bond donors (Lipinski definition) is 1. The average molecular weight is 337 g/mol. The number of aliphatic hydroxyl groups is 1. The number of aliphatic hydroxyl groups excluding tert-OH is 1. The Hall–Kier alpha value is -1.38. The molecule has 7 nitrogen and oxygen atoms in total. The van der Waals surface area contributed by atoms with Gasteiger partial charge in [0.15, 0.2) is 5.03 Å². The molecule has 1 aromatic rings. The molecule has 4 atom stereocenters. The molecular weight excluding hydrogens is 316 g/mol. The summed E-state index contributed by atoms with van der Waals surface area (Å²) in [6.07, 6.45) is 3.71. The lowest BCUT2D eigenvalue weighted by Crippen LogP contribution is -2.67. The Morgan fingerprint density at radius 1 is 1.65 bits per heavy atom. The molecule has 4 heterocycles. The molecule has 1 saturated heterocycles. The van der Waals surface area contributed by atoms with Crippen molar-refractivity contribution >= 4 is 17.7 Å². The van der Waals surface area contributed by atoms with E-state index in [0.29, 0.717) is 21.7 Å². The van der Waals surface area contributed by atoms with Crippen LogP contribution in [0, 0.1) is 5.92 Å². The van der Waals surface area contributed by atoms with Crippen LogP contribution in [0.25, 0.3) is 0 Å². The van der Waals surface area contributed by atoms with Crippen molar-refractivity contribution in [2.75, 3.05) is 13.6 Å². The molecule has 23 heavy (non-hydrogen) atoms. The molecule has 0 saturated carbocycles. The number of thioether (sulfide) groups is 1. The third-order valence-electron chi connectivity index (χ3n) is 5.61. The largest absolute Gasteiger partial charge is 0.545 e. The van der Waals surface area contributed by atoms with Crippen LogP contribution in [0.1, 0.15) is 13.3 Å². The van der Waals surface area contributed by atoms with Crippen LogP contribution >= 0.6 is 11.8 Å². The van der Waals surface area contributed by atoms with Gasteiger partial charge in [-0.15, -0.1) is 0 Å². The van der Waals surface area contributed by atoms with Crippen molar-refractivity contribution in [3.8, 4) is 0 Å². The maximum atomic E-state index is 11.6. The Bertz CT molecular complexity index is 680. The Morgan fingerprint density at radius 3 is 3.09 bits per heavy atom. The minimum absolute atomic E-state index is 0.167. The number of carboxylic acid groups (broad SMARTS) is 1. The van der Waals surface area contributed by atoms with Crippen molar-refractivity contribution in [1.82, 2.24) is 9.67 Å². The van der Waals surface area contributed by atoms with E-state index in [2.05, 4.69) is 21.4 Å². The van der Waals surface area contributed by atoms with Crippen molar-refractivity contribution < 1.29 is 24.2 Å². The van der Waals surface area contributed by atoms with Crippen LogP contribution in [0.3, 0.4) is 0 Å². The third kappa shape index (κ3) is 2.15. The molecule has 8 heteroatoms. The van der Waals surface area contributed by atoms with Gasteiger partial charge in [-0.2, -0.15) is 9.36 Å². The van der Waals surface area contributed by atoms with Crippen LogP contribution in [0.15, 0.2) is 23.3 Å². The fourth-order valence-corrected chi connectivity index (χ4v) is 5.86. The predicted molar refractivity (Wildman–Crippen MR) is 80.5 cm³/mol. The van der Waals surface area contributed by atoms with Gasteiger partial charge in [-0.3, -0.25) is 4.48 Å². The van der Waals surface area contributed by atoms with Crippen LogP contribution in [-0.2, 0) is 17.9 Å². The summed E-state index contributed by atoms with van der Waals surface area (Å²) in [7, 11) is 2.09. The Labute approximate surface area is 138 Å². The summed E-state index contributed by atoms with van der Waals surface area (Å²) in [4.78, 5) is 15.7. The normalized spacial score (nSPS) is 36.6. The summed E-state index contributed by atoms with van der Waals surface area (Å²) >= 11 is 1.67. The van der Waals surface area contributed by atoms with Gasteiger partial charge in [0, 0.05) is 12.0 Å². The second kappa shape index (κ2) is 5.06. The molecule has 0 spiro atoms. The van der Waals surface area contributed by atoms with E-state index in [1.807, 2.05) is 0 Å². The molecule has 0 bridgehead atoms. The maximum Gasteiger partial charge on any atom is 0.306 e. The zero-order valence-corrected chi connectivity index (χ0v) is 14.1. The first-order valence-corrected chi connectivity index (χ1v) is 8.83. The molecular formula is C15H21N4O3S+. The van der Waals surface area contributed by atoms with Crippen LogP contribution < -0.4 is 9.79 Å². The highest BCUT2D eigenvalue weighted by Crippen LogP contribution is 2.53. The molecule has 3 aliphatic heterocycles. The molecule has 4 rings (SSSR count). The number of quaternary nitrogens is 1. The first kappa shape index (κ1) is 15.2. The average Bonchev–Trinajstić information content (AvgIpc) is 3.07. The fourth-order valence-electron chi connectivity index (χ4n) is 4.33. The van der Waals surface area contributed by atoms with E-state index in [4.69, 9.17) is 0 Å². The smallest absolute Gasteiger partial charge is 0.306 e. The highest BCUT2D eigenvalue weighted by Gasteiger charge is 2.61. The van der Waals surface area contributed by atoms with Gasteiger partial charge in [0.05, 0.1) is 43.4 Å². The van der Waals surface area contributed by atoms with Gasteiger partial charge >= 0.3 is 6.33 Å². The molecule has 0 radical (unpaired) electrons. The van der Waals surface area contributed by atoms with Crippen LogP contribution in [0.5, 0.6) is 0 Å². The summed E-state index contributed by atoms with van der Waals surface area (Å²) in [5.41, 5.74) is 0.436. The van der Waals surface area contributed by atoms with E-state index in [-0.39, 0.29) is 12.0 Å². The van der Waals surface area contributed by atoms with E-state index < -0.39 is 12.1 Å². The van der Waals surface area contributed by atoms with E-state index >= 15 is 0 Å². The summed E-state index contributed by atoms with van der Waals surface area (Å²) in [5, 5.41) is 22.8. The quantitative estimate of drug-likeness (QED) is 0.533. The molecule has 0 aliphatic carbocycles. The molecule has 0 aromatic carbocycles. The van der Waals surface area contributed by atoms with Gasteiger partial charge in [-0.1, -0.05) is 11.8 Å². The number of nitrogens with zero attached hydrogens (tertiary/aromatic N) is 4. The van der Waals surface area contributed by atoms with Gasteiger partial charge in [-0.25, -0.2) is 0 Å². The Kier molecular flexibility index (Phi) is 3.33. The lowest BCUT2D eigenvalue weighted by atomic mass is 9.82. The number of aromatic nitrogens is 3. The SMILES string of the molecule is C[C@@H](O)[C@H]1C[N@@+]2(C)C(SC3Cn4cnc[n+]4C3)=C(C(=O)[O-])C[C@@H]12. The van der Waals surface area contributed by atoms with Crippen molar-refractivity contribution in [3.63, 3.8) is 0 Å². The topological polar surface area (TPSA) is 82.1 Å². The molecule has 124 valence electrons. The zero-order chi connectivity index (χ0) is 16.4. The monoisotopic (exact) mass is 337 g/mol. The highest BCUT2D eigenvalue weighted by molar-refractivity contribution is 8.03. The molecule has 1 aromatic heterocycles. The van der Waals surface area contributed by atoms with Gasteiger partial charge in [0.1, 0.15) is 12.6 Å². The second-order valence-corrected chi connectivity index (χ2v) is 8.35. The number of carbonyl (C=O) groups is 1. The summed E-state index contributed by atoms with van der Waals surface area (Å²) < 4.78 is 4.74. The minimum Gasteiger partial charge on any atom is -0.545 e. The second-order valence-electron chi connectivity index (χ2n) is 7.06. The Morgan fingerprint density at radius 2 is 2.43 bits per heavy atom. The van der Waals surface area contributed by atoms with E-state index in [1.54, 1.807) is 31.3 Å². The van der Waals surface area contributed by atoms with E-state index in [1.165, 1.54) is 0 Å². The first-order chi connectivity index (χ1) is 10.9. The number of rotatable bonds is 4. The number of hydrogen-bond acceptors (Lipinski definition) is 5. The van der Waals surface area contributed by atoms with Crippen molar-refractivity contribution in [2.24, 2.45) is 5.92 Å². The lowest BCUT2D eigenvalue weighted by Gasteiger charge is -2.52. The van der Waals surface area contributed by atoms with Gasteiger partial charge in [0.2, 0.25) is 6.33 Å². The van der Waals surface area contributed by atoms with Crippen molar-refractivity contribution in [2.45, 2.75) is 43.8 Å². The van der Waals surface area contributed by atoms with Crippen LogP contribution in [0.2, 0.25) is 0 Å². The molecule has 0 amide bonds. The van der Waals surface area contributed by atoms with Crippen LogP contribution in [0.4, 0.5) is 0 Å². The molecule has 3 aliphatic rings. The molecule has 0 unspecified atom stereocenters. The maximum absolute atomic E-state index is 11.6. The van der Waals surface area contributed by atoms with Crippen molar-refractivity contribution in [1.29, 1.82) is 0 Å². The predicted octanol–water partition coefficient (Wildman–Crippen LogP) is -1.52. The van der Waals surface area contributed by atoms with Gasteiger partial charge in [-0.05, 0) is 11.9 Å². The first-order valence-electron chi connectivity index (χ1n) is 7.95. The number of aliphatic carboxylic acids is 1. The summed E-state index contributed by atoms with van der Waals surface area (Å²) in [6.45, 7) is 4.26. The van der Waals surface area contributed by atoms with E-state index in [0.717, 1.165) is 24.7 Å². The lowest BCUT2D eigenvalue weighted by molar-refractivity contribution is -0.939. The molecule has 1 N–H and O–H groups in total. The number of carboxylic acids is 1. The fraction of sp³-hybridized carbons (Fsp3) is 0.667. The number of fused-ring (bicyclic) bond motifs is 2. The Balaban J connectivity index is 1.57. The highest BCUT2D eigenvalue weighted by atomic mass is 32.2. The van der Waals surface area contributed by atoms with Crippen molar-refractivity contribution in [3.05, 3.63) is 23.3 Å². The zero-order valence-electron chi connectivity index (χ0n) is 13.3.